The minimum absolute atomic E-state index is 0.131. The Morgan fingerprint density at radius 2 is 2.00 bits per heavy atom. The van der Waals surface area contributed by atoms with Gasteiger partial charge in [-0.2, -0.15) is 13.2 Å². The van der Waals surface area contributed by atoms with Gasteiger partial charge in [0.15, 0.2) is 0 Å². The number of rotatable bonds is 3. The lowest BCUT2D eigenvalue weighted by Gasteiger charge is -2.12. The second kappa shape index (κ2) is 4.68. The van der Waals surface area contributed by atoms with Crippen molar-refractivity contribution in [3.8, 4) is 0 Å². The maximum atomic E-state index is 12.5. The fourth-order valence-electron chi connectivity index (χ4n) is 1.22. The first kappa shape index (κ1) is 13.4. The molecular formula is C9H9F3N2O3. The molecule has 1 aromatic carbocycles. The van der Waals surface area contributed by atoms with Gasteiger partial charge in [0.1, 0.15) is 0 Å². The van der Waals surface area contributed by atoms with Crippen LogP contribution in [0.1, 0.15) is 17.2 Å². The molecule has 0 aromatic heterocycles. The fourth-order valence-corrected chi connectivity index (χ4v) is 1.22. The highest BCUT2D eigenvalue weighted by atomic mass is 19.4. The average Bonchev–Trinajstić information content (AvgIpc) is 2.26. The highest BCUT2D eigenvalue weighted by Crippen LogP contribution is 2.33. The van der Waals surface area contributed by atoms with Crippen LogP contribution in [0.3, 0.4) is 0 Å². The molecular weight excluding hydrogens is 241 g/mol. The van der Waals surface area contributed by atoms with Crippen molar-refractivity contribution in [2.75, 3.05) is 6.61 Å². The van der Waals surface area contributed by atoms with Gasteiger partial charge in [-0.1, -0.05) is 0 Å². The van der Waals surface area contributed by atoms with Gasteiger partial charge in [-0.15, -0.1) is 0 Å². The van der Waals surface area contributed by atoms with Gasteiger partial charge >= 0.3 is 6.18 Å². The molecule has 5 nitrogen and oxygen atoms in total. The smallest absolute Gasteiger partial charge is 0.394 e. The third-order valence-electron chi connectivity index (χ3n) is 2.10. The van der Waals surface area contributed by atoms with E-state index in [2.05, 4.69) is 0 Å². The number of non-ortho nitro benzene ring substituents is 1. The number of halogens is 3. The van der Waals surface area contributed by atoms with E-state index in [1.54, 1.807) is 0 Å². The minimum atomic E-state index is -4.70. The van der Waals surface area contributed by atoms with E-state index >= 15 is 0 Å². The van der Waals surface area contributed by atoms with Gasteiger partial charge in [0, 0.05) is 12.1 Å². The molecule has 0 aliphatic carbocycles. The van der Waals surface area contributed by atoms with E-state index in [-0.39, 0.29) is 5.56 Å². The van der Waals surface area contributed by atoms with Crippen molar-refractivity contribution in [2.24, 2.45) is 5.73 Å². The lowest BCUT2D eigenvalue weighted by molar-refractivity contribution is -0.385. The summed E-state index contributed by atoms with van der Waals surface area (Å²) < 4.78 is 37.4. The molecule has 0 aliphatic rings. The molecule has 1 rings (SSSR count). The normalized spacial score (nSPS) is 13.5. The molecule has 0 radical (unpaired) electrons. The van der Waals surface area contributed by atoms with Gasteiger partial charge in [-0.3, -0.25) is 10.1 Å². The third-order valence-corrected chi connectivity index (χ3v) is 2.10. The summed E-state index contributed by atoms with van der Waals surface area (Å²) in [7, 11) is 0. The monoisotopic (exact) mass is 250 g/mol. The topological polar surface area (TPSA) is 89.4 Å². The van der Waals surface area contributed by atoms with Crippen LogP contribution in [0.25, 0.3) is 0 Å². The maximum absolute atomic E-state index is 12.5. The molecule has 0 amide bonds. The van der Waals surface area contributed by atoms with E-state index < -0.39 is 35.0 Å². The van der Waals surface area contributed by atoms with Crippen molar-refractivity contribution in [3.05, 3.63) is 39.4 Å². The van der Waals surface area contributed by atoms with Gasteiger partial charge in [-0.25, -0.2) is 0 Å². The van der Waals surface area contributed by atoms with Crippen molar-refractivity contribution >= 4 is 5.69 Å². The molecule has 0 spiro atoms. The molecule has 0 saturated carbocycles. The second-order valence-electron chi connectivity index (χ2n) is 3.36. The number of nitro benzene ring substituents is 1. The van der Waals surface area contributed by atoms with Crippen LogP contribution in [-0.4, -0.2) is 16.6 Å². The van der Waals surface area contributed by atoms with Crippen molar-refractivity contribution in [3.63, 3.8) is 0 Å². The number of nitrogens with two attached hydrogens (primary N) is 1. The Labute approximate surface area is 93.8 Å². The Morgan fingerprint density at radius 3 is 2.41 bits per heavy atom. The molecule has 1 aromatic rings. The first-order valence-corrected chi connectivity index (χ1v) is 4.48. The van der Waals surface area contributed by atoms with Crippen molar-refractivity contribution < 1.29 is 23.2 Å². The SMILES string of the molecule is N[C@H](CO)c1cc([N+](=O)[O-])cc(C(F)(F)F)c1. The lowest BCUT2D eigenvalue weighted by Crippen LogP contribution is -2.16. The summed E-state index contributed by atoms with van der Waals surface area (Å²) in [6, 6.07) is 0.938. The molecule has 1 atom stereocenters. The molecule has 0 fully saturated rings. The predicted octanol–water partition coefficient (Wildman–Crippen LogP) is 1.61. The van der Waals surface area contributed by atoms with Crippen LogP contribution in [0.5, 0.6) is 0 Å². The first-order chi connectivity index (χ1) is 7.75. The van der Waals surface area contributed by atoms with Gasteiger partial charge < -0.3 is 10.8 Å². The van der Waals surface area contributed by atoms with Crippen LogP contribution in [0.4, 0.5) is 18.9 Å². The zero-order valence-electron chi connectivity index (χ0n) is 8.44. The average molecular weight is 250 g/mol. The minimum Gasteiger partial charge on any atom is -0.394 e. The number of aliphatic hydroxyl groups excluding tert-OH is 1. The Kier molecular flexibility index (Phi) is 3.69. The van der Waals surface area contributed by atoms with Gasteiger partial charge in [0.2, 0.25) is 0 Å². The van der Waals surface area contributed by atoms with Crippen LogP contribution in [0, 0.1) is 10.1 Å². The lowest BCUT2D eigenvalue weighted by atomic mass is 10.0. The summed E-state index contributed by atoms with van der Waals surface area (Å²) in [5.74, 6) is 0. The highest BCUT2D eigenvalue weighted by Gasteiger charge is 2.33. The van der Waals surface area contributed by atoms with E-state index in [4.69, 9.17) is 10.8 Å². The number of benzene rings is 1. The molecule has 8 heteroatoms. The largest absolute Gasteiger partial charge is 0.416 e. The Bertz CT molecular complexity index is 434. The van der Waals surface area contributed by atoms with Crippen molar-refractivity contribution in [1.82, 2.24) is 0 Å². The zero-order valence-corrected chi connectivity index (χ0v) is 8.44. The molecule has 0 unspecified atom stereocenters. The van der Waals surface area contributed by atoms with Crippen LogP contribution < -0.4 is 5.73 Å². The van der Waals surface area contributed by atoms with Crippen LogP contribution >= 0.6 is 0 Å². The Hall–Kier alpha value is -1.67. The van der Waals surface area contributed by atoms with E-state index in [9.17, 15) is 23.3 Å². The van der Waals surface area contributed by atoms with E-state index in [1.165, 1.54) is 0 Å². The Morgan fingerprint density at radius 1 is 1.41 bits per heavy atom. The van der Waals surface area contributed by atoms with E-state index in [1.807, 2.05) is 0 Å². The van der Waals surface area contributed by atoms with Crippen molar-refractivity contribution in [1.29, 1.82) is 0 Å². The van der Waals surface area contributed by atoms with E-state index in [0.29, 0.717) is 12.1 Å². The summed E-state index contributed by atoms with van der Waals surface area (Å²) in [5.41, 5.74) is 3.33. The molecule has 17 heavy (non-hydrogen) atoms. The number of nitrogens with zero attached hydrogens (tertiary/aromatic N) is 1. The number of hydrogen-bond donors (Lipinski definition) is 2. The molecule has 0 heterocycles. The summed E-state index contributed by atoms with van der Waals surface area (Å²) in [5, 5.41) is 19.2. The number of aliphatic hydroxyl groups is 1. The van der Waals surface area contributed by atoms with Crippen molar-refractivity contribution in [2.45, 2.75) is 12.2 Å². The van der Waals surface area contributed by atoms with Gasteiger partial charge in [-0.05, 0) is 11.6 Å². The molecule has 0 aliphatic heterocycles. The number of nitro groups is 1. The Balaban J connectivity index is 3.34. The maximum Gasteiger partial charge on any atom is 0.416 e. The third kappa shape index (κ3) is 3.14. The van der Waals surface area contributed by atoms with Crippen LogP contribution in [-0.2, 0) is 6.18 Å². The highest BCUT2D eigenvalue weighted by molar-refractivity contribution is 5.41. The molecule has 0 bridgehead atoms. The zero-order chi connectivity index (χ0) is 13.2. The summed E-state index contributed by atoms with van der Waals surface area (Å²) >= 11 is 0. The van der Waals surface area contributed by atoms with Gasteiger partial charge in [0.25, 0.3) is 5.69 Å². The number of alkyl halides is 3. The molecule has 94 valence electrons. The van der Waals surface area contributed by atoms with Crippen LogP contribution in [0.2, 0.25) is 0 Å². The van der Waals surface area contributed by atoms with Crippen LogP contribution in [0.15, 0.2) is 18.2 Å². The molecule has 3 N–H and O–H groups in total. The summed E-state index contributed by atoms with van der Waals surface area (Å²) in [6.45, 7) is -0.599. The quantitative estimate of drug-likeness (QED) is 0.629. The predicted molar refractivity (Wildman–Crippen MR) is 52.1 cm³/mol. The fraction of sp³-hybridized carbons (Fsp3) is 0.333. The number of hydrogen-bond acceptors (Lipinski definition) is 4. The summed E-state index contributed by atoms with van der Waals surface area (Å²) in [6.07, 6.45) is -4.70. The summed E-state index contributed by atoms with van der Waals surface area (Å²) in [4.78, 5) is 9.54. The molecule has 0 saturated heterocycles. The first-order valence-electron chi connectivity index (χ1n) is 4.48. The van der Waals surface area contributed by atoms with Gasteiger partial charge in [0.05, 0.1) is 23.1 Å². The van der Waals surface area contributed by atoms with E-state index in [0.717, 1.165) is 6.07 Å². The standard InChI is InChI=1S/C9H9F3N2O3/c10-9(11,12)6-1-5(8(13)4-15)2-7(3-6)14(16)17/h1-3,8,15H,4,13H2/t8-/m1/s1. The second-order valence-corrected chi connectivity index (χ2v) is 3.36.